The van der Waals surface area contributed by atoms with Crippen molar-refractivity contribution in [3.8, 4) is 11.9 Å². The van der Waals surface area contributed by atoms with E-state index in [1.807, 2.05) is 6.92 Å². The van der Waals surface area contributed by atoms with Crippen molar-refractivity contribution in [1.82, 2.24) is 4.98 Å². The third kappa shape index (κ3) is 2.87. The zero-order valence-electron chi connectivity index (χ0n) is 15.4. The lowest BCUT2D eigenvalue weighted by molar-refractivity contribution is -0.122. The summed E-state index contributed by atoms with van der Waals surface area (Å²) in [4.78, 5) is 28.4. The highest BCUT2D eigenvalue weighted by Crippen LogP contribution is 2.48. The Labute approximate surface area is 162 Å². The average Bonchev–Trinajstić information content (AvgIpc) is 2.95. The molecule has 1 fully saturated rings. The number of carboxylic acids is 1. The molecular weight excluding hydrogens is 358 g/mol. The number of carboxylic acid groups (broad SMARTS) is 1. The molecule has 1 saturated carbocycles. The van der Waals surface area contributed by atoms with Crippen molar-refractivity contribution in [2.75, 3.05) is 5.32 Å². The van der Waals surface area contributed by atoms with Crippen LogP contribution >= 0.6 is 0 Å². The first-order valence-corrected chi connectivity index (χ1v) is 9.16. The minimum atomic E-state index is -1.01. The molecule has 1 aliphatic heterocycles. The highest BCUT2D eigenvalue weighted by atomic mass is 16.5. The van der Waals surface area contributed by atoms with Crippen LogP contribution in [0.5, 0.6) is 5.88 Å². The standard InChI is InChI=1S/C21H19N3O4/c1-12-2-3-14(11-22)18(23-12)28-15-6-8-21(9-7-15)16-10-13(19(25)26)4-5-17(16)24-20(21)27/h2-5,10,15H,6-9H2,1H3,(H,24,27)(H,25,26). The van der Waals surface area contributed by atoms with E-state index in [4.69, 9.17) is 4.74 Å². The molecule has 1 amide bonds. The molecule has 0 radical (unpaired) electrons. The Balaban J connectivity index is 1.56. The Kier molecular flexibility index (Phi) is 4.27. The zero-order valence-corrected chi connectivity index (χ0v) is 15.4. The number of nitrogens with one attached hydrogen (secondary N) is 1. The molecule has 0 unspecified atom stereocenters. The van der Waals surface area contributed by atoms with Crippen LogP contribution in [-0.2, 0) is 10.2 Å². The minimum absolute atomic E-state index is 0.0881. The second-order valence-electron chi connectivity index (χ2n) is 7.34. The summed E-state index contributed by atoms with van der Waals surface area (Å²) in [5.74, 6) is -0.772. The predicted octanol–water partition coefficient (Wildman–Crippen LogP) is 3.17. The van der Waals surface area contributed by atoms with Crippen molar-refractivity contribution in [3.63, 3.8) is 0 Å². The van der Waals surface area contributed by atoms with Gasteiger partial charge in [-0.15, -0.1) is 0 Å². The number of amides is 1. The smallest absolute Gasteiger partial charge is 0.335 e. The molecule has 0 atom stereocenters. The Bertz CT molecular complexity index is 1020. The van der Waals surface area contributed by atoms with Crippen LogP contribution < -0.4 is 10.1 Å². The average molecular weight is 377 g/mol. The van der Waals surface area contributed by atoms with E-state index in [1.165, 1.54) is 6.07 Å². The summed E-state index contributed by atoms with van der Waals surface area (Å²) in [6.45, 7) is 1.84. The summed E-state index contributed by atoms with van der Waals surface area (Å²) in [7, 11) is 0. The molecule has 0 saturated heterocycles. The first-order valence-electron chi connectivity index (χ1n) is 9.16. The number of benzene rings is 1. The first kappa shape index (κ1) is 18.0. The number of ether oxygens (including phenoxy) is 1. The van der Waals surface area contributed by atoms with Gasteiger partial charge in [-0.1, -0.05) is 0 Å². The number of hydrogen-bond donors (Lipinski definition) is 2. The van der Waals surface area contributed by atoms with E-state index in [2.05, 4.69) is 16.4 Å². The van der Waals surface area contributed by atoms with Gasteiger partial charge in [-0.25, -0.2) is 9.78 Å². The SMILES string of the molecule is Cc1ccc(C#N)c(OC2CCC3(CC2)C(=O)Nc2ccc(C(=O)O)cc23)n1. The van der Waals surface area contributed by atoms with Gasteiger partial charge in [-0.3, -0.25) is 4.79 Å². The number of fused-ring (bicyclic) bond motifs is 2. The van der Waals surface area contributed by atoms with Gasteiger partial charge < -0.3 is 15.2 Å². The normalized spacial score (nSPS) is 23.0. The van der Waals surface area contributed by atoms with E-state index in [9.17, 15) is 20.0 Å². The first-order chi connectivity index (χ1) is 13.4. The fourth-order valence-corrected chi connectivity index (χ4v) is 4.11. The van der Waals surface area contributed by atoms with E-state index in [1.54, 1.807) is 24.3 Å². The van der Waals surface area contributed by atoms with E-state index in [0.717, 1.165) is 11.3 Å². The molecule has 28 heavy (non-hydrogen) atoms. The molecule has 1 spiro atoms. The third-order valence-corrected chi connectivity index (χ3v) is 5.65. The molecule has 2 N–H and O–H groups in total. The van der Waals surface area contributed by atoms with Crippen molar-refractivity contribution in [3.05, 3.63) is 52.7 Å². The van der Waals surface area contributed by atoms with Crippen LogP contribution in [0.2, 0.25) is 0 Å². The number of aromatic nitrogens is 1. The number of carbonyl (C=O) groups is 2. The number of aromatic carboxylic acids is 1. The second kappa shape index (κ2) is 6.64. The van der Waals surface area contributed by atoms with Gasteiger partial charge in [0.1, 0.15) is 17.7 Å². The van der Waals surface area contributed by atoms with Gasteiger partial charge in [0, 0.05) is 11.4 Å². The molecule has 1 aliphatic carbocycles. The van der Waals surface area contributed by atoms with Crippen LogP contribution in [0, 0.1) is 18.3 Å². The van der Waals surface area contributed by atoms with Gasteiger partial charge in [0.25, 0.3) is 0 Å². The van der Waals surface area contributed by atoms with Gasteiger partial charge in [0.2, 0.25) is 11.8 Å². The summed E-state index contributed by atoms with van der Waals surface area (Å²) in [6.07, 6.45) is 2.18. The zero-order chi connectivity index (χ0) is 19.9. The van der Waals surface area contributed by atoms with Gasteiger partial charge in [-0.2, -0.15) is 5.26 Å². The molecule has 2 aliphatic rings. The van der Waals surface area contributed by atoms with Crippen molar-refractivity contribution in [2.45, 2.75) is 44.1 Å². The lowest BCUT2D eigenvalue weighted by atomic mass is 9.69. The number of anilines is 1. The van der Waals surface area contributed by atoms with Crippen molar-refractivity contribution >= 4 is 17.6 Å². The predicted molar refractivity (Wildman–Crippen MR) is 100 cm³/mol. The van der Waals surface area contributed by atoms with Crippen LogP contribution in [0.15, 0.2) is 30.3 Å². The van der Waals surface area contributed by atoms with Crippen molar-refractivity contribution in [1.29, 1.82) is 5.26 Å². The molecule has 7 nitrogen and oxygen atoms in total. The van der Waals surface area contributed by atoms with Crippen molar-refractivity contribution < 1.29 is 19.4 Å². The number of nitrogens with zero attached hydrogens (tertiary/aromatic N) is 2. The molecule has 7 heteroatoms. The Morgan fingerprint density at radius 2 is 2.07 bits per heavy atom. The summed E-state index contributed by atoms with van der Waals surface area (Å²) in [5.41, 5.74) is 2.05. The Morgan fingerprint density at radius 1 is 1.32 bits per heavy atom. The molecular formula is C21H19N3O4. The monoisotopic (exact) mass is 377 g/mol. The van der Waals surface area contributed by atoms with E-state index in [0.29, 0.717) is 42.8 Å². The second-order valence-corrected chi connectivity index (χ2v) is 7.34. The molecule has 2 heterocycles. The molecule has 142 valence electrons. The summed E-state index contributed by atoms with van der Waals surface area (Å²) < 4.78 is 5.99. The number of aryl methyl sites for hydroxylation is 1. The van der Waals surface area contributed by atoms with Crippen LogP contribution in [0.25, 0.3) is 0 Å². The quantitative estimate of drug-likeness (QED) is 0.850. The van der Waals surface area contributed by atoms with Crippen LogP contribution in [-0.4, -0.2) is 28.1 Å². The Morgan fingerprint density at radius 3 is 2.75 bits per heavy atom. The highest BCUT2D eigenvalue weighted by Gasteiger charge is 2.49. The van der Waals surface area contributed by atoms with Gasteiger partial charge >= 0.3 is 5.97 Å². The lowest BCUT2D eigenvalue weighted by Crippen LogP contribution is -2.41. The van der Waals surface area contributed by atoms with Crippen LogP contribution in [0.3, 0.4) is 0 Å². The Hall–Kier alpha value is -3.40. The molecule has 4 rings (SSSR count). The van der Waals surface area contributed by atoms with Gasteiger partial charge in [0.15, 0.2) is 0 Å². The third-order valence-electron chi connectivity index (χ3n) is 5.65. The van der Waals surface area contributed by atoms with E-state index in [-0.39, 0.29) is 17.6 Å². The maximum atomic E-state index is 12.7. The van der Waals surface area contributed by atoms with Gasteiger partial charge in [-0.05, 0) is 68.5 Å². The van der Waals surface area contributed by atoms with Gasteiger partial charge in [0.05, 0.1) is 11.0 Å². The fourth-order valence-electron chi connectivity index (χ4n) is 4.11. The summed E-state index contributed by atoms with van der Waals surface area (Å²) in [5, 5.41) is 21.4. The molecule has 2 aromatic rings. The maximum Gasteiger partial charge on any atom is 0.335 e. The number of nitriles is 1. The maximum absolute atomic E-state index is 12.7. The van der Waals surface area contributed by atoms with E-state index >= 15 is 0 Å². The summed E-state index contributed by atoms with van der Waals surface area (Å²) >= 11 is 0. The molecule has 1 aromatic heterocycles. The topological polar surface area (TPSA) is 112 Å². The molecule has 1 aromatic carbocycles. The number of hydrogen-bond acceptors (Lipinski definition) is 5. The number of rotatable bonds is 3. The molecule has 0 bridgehead atoms. The number of carbonyl (C=O) groups excluding carboxylic acids is 1. The number of pyridine rings is 1. The van der Waals surface area contributed by atoms with Crippen LogP contribution in [0.4, 0.5) is 5.69 Å². The largest absolute Gasteiger partial charge is 0.478 e. The fraction of sp³-hybridized carbons (Fsp3) is 0.333. The minimum Gasteiger partial charge on any atom is -0.478 e. The van der Waals surface area contributed by atoms with Crippen molar-refractivity contribution in [2.24, 2.45) is 0 Å². The highest BCUT2D eigenvalue weighted by molar-refractivity contribution is 6.07. The summed E-state index contributed by atoms with van der Waals surface area (Å²) in [6, 6.07) is 10.3. The van der Waals surface area contributed by atoms with Crippen LogP contribution in [0.1, 0.15) is 52.9 Å². The lowest BCUT2D eigenvalue weighted by Gasteiger charge is -2.35. The van der Waals surface area contributed by atoms with E-state index < -0.39 is 11.4 Å².